The molecule has 39 heavy (non-hydrogen) atoms. The molecule has 0 fully saturated rings. The molecule has 2 aliphatic heterocycles. The lowest BCUT2D eigenvalue weighted by Gasteiger charge is -2.21. The van der Waals surface area contributed by atoms with Crippen molar-refractivity contribution in [3.8, 4) is 11.3 Å². The number of amides is 1. The van der Waals surface area contributed by atoms with Crippen LogP contribution in [0.4, 0.5) is 11.4 Å². The molecule has 9 nitrogen and oxygen atoms in total. The maximum Gasteiger partial charge on any atom is 0.292 e. The van der Waals surface area contributed by atoms with E-state index in [0.717, 1.165) is 62.7 Å². The van der Waals surface area contributed by atoms with Crippen molar-refractivity contribution in [1.82, 2.24) is 14.7 Å². The number of thiophene rings is 1. The lowest BCUT2D eigenvalue weighted by atomic mass is 10.0. The molecule has 2 N–H and O–H groups in total. The highest BCUT2D eigenvalue weighted by atomic mass is 32.1. The van der Waals surface area contributed by atoms with Gasteiger partial charge in [0.2, 0.25) is 0 Å². The number of nitrogens with two attached hydrogens (primary N) is 1. The zero-order valence-corrected chi connectivity index (χ0v) is 23.0. The molecular weight excluding hydrogens is 510 g/mol. The maximum absolute atomic E-state index is 13.5. The number of fused-ring (bicyclic) bond motifs is 3. The minimum Gasteiger partial charge on any atom is -0.387 e. The third kappa shape index (κ3) is 4.55. The van der Waals surface area contributed by atoms with Gasteiger partial charge in [0, 0.05) is 53.8 Å². The lowest BCUT2D eigenvalue weighted by molar-refractivity contribution is 0.1000. The van der Waals surface area contributed by atoms with Crippen LogP contribution in [0.2, 0.25) is 0 Å². The van der Waals surface area contributed by atoms with E-state index in [4.69, 9.17) is 5.73 Å². The van der Waals surface area contributed by atoms with E-state index in [0.29, 0.717) is 24.5 Å². The van der Waals surface area contributed by atoms with Crippen molar-refractivity contribution in [3.05, 3.63) is 74.9 Å². The number of amidine groups is 1. The Labute approximate surface area is 229 Å². The van der Waals surface area contributed by atoms with Gasteiger partial charge in [-0.15, -0.1) is 11.3 Å². The number of nitrogens with zero attached hydrogens (tertiary/aromatic N) is 6. The van der Waals surface area contributed by atoms with Gasteiger partial charge in [0.1, 0.15) is 11.5 Å². The van der Waals surface area contributed by atoms with Crippen molar-refractivity contribution in [3.63, 3.8) is 0 Å². The minimum absolute atomic E-state index is 0.00852. The van der Waals surface area contributed by atoms with E-state index in [9.17, 15) is 9.59 Å². The zero-order chi connectivity index (χ0) is 27.3. The second kappa shape index (κ2) is 9.87. The second-order valence-electron chi connectivity index (χ2n) is 10.1. The number of carbonyl (C=O) groups is 1. The smallest absolute Gasteiger partial charge is 0.292 e. The van der Waals surface area contributed by atoms with E-state index in [1.807, 2.05) is 49.2 Å². The van der Waals surface area contributed by atoms with Crippen molar-refractivity contribution >= 4 is 50.3 Å². The molecule has 0 atom stereocenters. The molecule has 2 aliphatic rings. The van der Waals surface area contributed by atoms with Gasteiger partial charge in [-0.05, 0) is 43.1 Å². The highest BCUT2D eigenvalue weighted by molar-refractivity contribution is 7.21. The third-order valence-electron chi connectivity index (χ3n) is 7.29. The Hall–Kier alpha value is -4.15. The number of hydrogen-bond donors (Lipinski definition) is 1. The Balaban J connectivity index is 1.33. The molecular formula is C29H29N7O2S. The summed E-state index contributed by atoms with van der Waals surface area (Å²) in [7, 11) is 3.65. The van der Waals surface area contributed by atoms with Gasteiger partial charge in [-0.25, -0.2) is 9.67 Å². The summed E-state index contributed by atoms with van der Waals surface area (Å²) in [6.45, 7) is 4.89. The van der Waals surface area contributed by atoms with Gasteiger partial charge < -0.3 is 10.6 Å². The average molecular weight is 540 g/mol. The van der Waals surface area contributed by atoms with Gasteiger partial charge in [-0.2, -0.15) is 5.10 Å². The second-order valence-corrected chi connectivity index (χ2v) is 11.1. The fourth-order valence-corrected chi connectivity index (χ4v) is 6.47. The molecule has 0 radical (unpaired) electrons. The highest BCUT2D eigenvalue weighted by Crippen LogP contribution is 2.41. The number of rotatable bonds is 5. The Bertz CT molecular complexity index is 1750. The van der Waals surface area contributed by atoms with Crippen LogP contribution in [0, 0.1) is 6.92 Å². The molecule has 10 heteroatoms. The summed E-state index contributed by atoms with van der Waals surface area (Å²) in [4.78, 5) is 40.2. The Morgan fingerprint density at radius 1 is 1.10 bits per heavy atom. The number of aliphatic imine (C=N–C) groups is 2. The Morgan fingerprint density at radius 3 is 2.74 bits per heavy atom. The monoisotopic (exact) mass is 539 g/mol. The molecule has 198 valence electrons. The van der Waals surface area contributed by atoms with Gasteiger partial charge in [0.05, 0.1) is 23.7 Å². The molecule has 2 aromatic heterocycles. The first-order chi connectivity index (χ1) is 18.8. The summed E-state index contributed by atoms with van der Waals surface area (Å²) >= 11 is 1.54. The summed E-state index contributed by atoms with van der Waals surface area (Å²) in [6.07, 6.45) is 0.412. The molecule has 0 saturated heterocycles. The lowest BCUT2D eigenvalue weighted by Crippen LogP contribution is -2.35. The van der Waals surface area contributed by atoms with Gasteiger partial charge in [0.25, 0.3) is 11.5 Å². The molecule has 2 aromatic carbocycles. The summed E-state index contributed by atoms with van der Waals surface area (Å²) in [5.41, 5.74) is 11.3. The number of aromatic nitrogens is 2. The van der Waals surface area contributed by atoms with Gasteiger partial charge in [-0.3, -0.25) is 19.5 Å². The number of hydrogen-bond acceptors (Lipinski definition) is 7. The highest BCUT2D eigenvalue weighted by Gasteiger charge is 2.33. The molecule has 4 aromatic rings. The van der Waals surface area contributed by atoms with Crippen molar-refractivity contribution in [2.45, 2.75) is 19.9 Å². The van der Waals surface area contributed by atoms with Crippen LogP contribution in [0.25, 0.3) is 21.3 Å². The molecule has 1 amide bonds. The van der Waals surface area contributed by atoms with Crippen molar-refractivity contribution in [2.75, 3.05) is 31.6 Å². The largest absolute Gasteiger partial charge is 0.387 e. The van der Waals surface area contributed by atoms with E-state index in [1.165, 1.54) is 4.68 Å². The molecule has 4 heterocycles. The van der Waals surface area contributed by atoms with Crippen LogP contribution in [0.5, 0.6) is 0 Å². The Kier molecular flexibility index (Phi) is 6.36. The van der Waals surface area contributed by atoms with Crippen molar-refractivity contribution in [2.24, 2.45) is 22.8 Å². The van der Waals surface area contributed by atoms with E-state index in [2.05, 4.69) is 32.1 Å². The van der Waals surface area contributed by atoms with Crippen LogP contribution in [0.15, 0.2) is 63.3 Å². The van der Waals surface area contributed by atoms with E-state index in [1.54, 1.807) is 24.5 Å². The molecule has 0 unspecified atom stereocenters. The normalized spacial score (nSPS) is 16.2. The topological polar surface area (TPSA) is 109 Å². The van der Waals surface area contributed by atoms with Gasteiger partial charge in [-0.1, -0.05) is 30.3 Å². The van der Waals surface area contributed by atoms with E-state index in [-0.39, 0.29) is 17.2 Å². The molecule has 0 spiro atoms. The number of carbonyl (C=O) groups excluding carboxylic acids is 1. The summed E-state index contributed by atoms with van der Waals surface area (Å²) < 4.78 is 2.41. The number of likely N-dealkylation sites (N-methyl/N-ethyl adjacent to an activating group) is 1. The van der Waals surface area contributed by atoms with E-state index >= 15 is 0 Å². The van der Waals surface area contributed by atoms with Crippen LogP contribution < -0.4 is 16.2 Å². The van der Waals surface area contributed by atoms with E-state index < -0.39 is 0 Å². The molecule has 0 bridgehead atoms. The van der Waals surface area contributed by atoms with Crippen LogP contribution in [0.3, 0.4) is 0 Å². The maximum atomic E-state index is 13.5. The zero-order valence-electron chi connectivity index (χ0n) is 22.1. The van der Waals surface area contributed by atoms with Crippen LogP contribution >= 0.6 is 11.3 Å². The molecule has 0 aliphatic carbocycles. The Morgan fingerprint density at radius 2 is 1.92 bits per heavy atom. The molecule has 6 rings (SSSR count). The van der Waals surface area contributed by atoms with Crippen molar-refractivity contribution < 1.29 is 4.79 Å². The quantitative estimate of drug-likeness (QED) is 0.306. The summed E-state index contributed by atoms with van der Waals surface area (Å²) in [6, 6.07) is 15.6. The third-order valence-corrected chi connectivity index (χ3v) is 8.49. The predicted octanol–water partition coefficient (Wildman–Crippen LogP) is 3.90. The predicted molar refractivity (Wildman–Crippen MR) is 158 cm³/mol. The summed E-state index contributed by atoms with van der Waals surface area (Å²) in [5.74, 6) is 0.346. The first-order valence-corrected chi connectivity index (χ1v) is 13.7. The first kappa shape index (κ1) is 25.1. The minimum atomic E-state index is -0.329. The number of anilines is 1. The fraction of sp³-hybridized carbons (Fsp3) is 0.276. The average Bonchev–Trinajstić information content (AvgIpc) is 3.43. The van der Waals surface area contributed by atoms with Crippen molar-refractivity contribution in [1.29, 1.82) is 0 Å². The molecule has 0 saturated carbocycles. The fourth-order valence-electron chi connectivity index (χ4n) is 5.31. The van der Waals surface area contributed by atoms with Gasteiger partial charge in [0.15, 0.2) is 0 Å². The van der Waals surface area contributed by atoms with Crippen LogP contribution in [-0.2, 0) is 13.6 Å². The first-order valence-electron chi connectivity index (χ1n) is 12.8. The van der Waals surface area contributed by atoms with Crippen LogP contribution in [0.1, 0.15) is 27.2 Å². The number of aryl methyl sites for hydroxylation is 1. The number of benzene rings is 2. The van der Waals surface area contributed by atoms with Crippen LogP contribution in [-0.4, -0.2) is 58.8 Å². The standard InChI is InChI=1S/C29H29N7O2S/c1-17-19(8-6-9-24(17)36-16-21-20-7-4-5-10-25(20)39-27(21)29(36)38)22-14-23(28(37)35(3)33-22)32-26(30)13-18-15-34(2)12-11-31-18/h4-10,14H,11-13,15-16H2,1-3H3,(H2,30,32). The van der Waals surface area contributed by atoms with Gasteiger partial charge >= 0.3 is 0 Å². The summed E-state index contributed by atoms with van der Waals surface area (Å²) in [5, 5.41) is 5.65. The SMILES string of the molecule is Cc1c(-c2cc(N=C(N)CC3=NCCN(C)C3)c(=O)n(C)n2)cccc1N1Cc2c(sc3ccccc23)C1=O.